The Kier molecular flexibility index (Phi) is 4.84. The molecule has 3 heteroatoms. The fraction of sp³-hybridized carbons (Fsp3) is 0.417. The average Bonchev–Trinajstić information content (AvgIpc) is 2.27. The molecule has 0 heterocycles. The Morgan fingerprint density at radius 3 is 2.73 bits per heavy atom. The van der Waals surface area contributed by atoms with Crippen molar-refractivity contribution in [2.24, 2.45) is 0 Å². The fourth-order valence-corrected chi connectivity index (χ4v) is 1.22. The molecule has 0 radical (unpaired) electrons. The van der Waals surface area contributed by atoms with Gasteiger partial charge in [0.25, 0.3) is 0 Å². The number of hydrogen-bond acceptors (Lipinski definition) is 3. The Morgan fingerprint density at radius 1 is 1.27 bits per heavy atom. The molecule has 0 unspecified atom stereocenters. The maximum absolute atomic E-state index is 11.4. The van der Waals surface area contributed by atoms with E-state index < -0.39 is 0 Å². The summed E-state index contributed by atoms with van der Waals surface area (Å²) in [6, 6.07) is 7.31. The number of benzene rings is 1. The van der Waals surface area contributed by atoms with E-state index >= 15 is 0 Å². The number of rotatable bonds is 5. The molecule has 0 aliphatic heterocycles. The second-order valence-corrected chi connectivity index (χ2v) is 3.06. The van der Waals surface area contributed by atoms with Gasteiger partial charge in [-0.05, 0) is 31.5 Å². The SMILES string of the molecule is CCOCc1cccc(C(=O)OCC)c1. The maximum atomic E-state index is 11.4. The van der Waals surface area contributed by atoms with Gasteiger partial charge in [0.2, 0.25) is 0 Å². The molecule has 3 nitrogen and oxygen atoms in total. The third kappa shape index (κ3) is 3.72. The number of carbonyl (C=O) groups is 1. The van der Waals surface area contributed by atoms with Gasteiger partial charge >= 0.3 is 5.97 Å². The lowest BCUT2D eigenvalue weighted by molar-refractivity contribution is 0.0526. The Bertz CT molecular complexity index is 320. The van der Waals surface area contributed by atoms with Crippen LogP contribution in [0.3, 0.4) is 0 Å². The molecule has 0 atom stereocenters. The summed E-state index contributed by atoms with van der Waals surface area (Å²) in [5, 5.41) is 0. The van der Waals surface area contributed by atoms with Crippen LogP contribution in [-0.4, -0.2) is 19.2 Å². The van der Waals surface area contributed by atoms with E-state index in [1.165, 1.54) is 0 Å². The fourth-order valence-electron chi connectivity index (χ4n) is 1.22. The summed E-state index contributed by atoms with van der Waals surface area (Å²) in [5.41, 5.74) is 1.57. The summed E-state index contributed by atoms with van der Waals surface area (Å²) >= 11 is 0. The van der Waals surface area contributed by atoms with Gasteiger partial charge in [0, 0.05) is 6.61 Å². The van der Waals surface area contributed by atoms with Crippen molar-refractivity contribution in [2.45, 2.75) is 20.5 Å². The molecule has 0 bridgehead atoms. The molecular formula is C12H16O3. The lowest BCUT2D eigenvalue weighted by Gasteiger charge is -2.04. The molecule has 0 amide bonds. The Morgan fingerprint density at radius 2 is 2.07 bits per heavy atom. The molecule has 0 aliphatic rings. The highest BCUT2D eigenvalue weighted by atomic mass is 16.5. The van der Waals surface area contributed by atoms with Crippen molar-refractivity contribution in [3.05, 3.63) is 35.4 Å². The van der Waals surface area contributed by atoms with E-state index in [-0.39, 0.29) is 5.97 Å². The Labute approximate surface area is 90.0 Å². The second-order valence-electron chi connectivity index (χ2n) is 3.06. The van der Waals surface area contributed by atoms with Crippen LogP contribution in [0.5, 0.6) is 0 Å². The number of esters is 1. The van der Waals surface area contributed by atoms with E-state index in [1.807, 2.05) is 19.1 Å². The zero-order valence-electron chi connectivity index (χ0n) is 9.16. The van der Waals surface area contributed by atoms with Crippen molar-refractivity contribution in [1.29, 1.82) is 0 Å². The first kappa shape index (κ1) is 11.7. The van der Waals surface area contributed by atoms with Crippen LogP contribution in [0.15, 0.2) is 24.3 Å². The summed E-state index contributed by atoms with van der Waals surface area (Å²) in [6.45, 7) is 5.33. The quantitative estimate of drug-likeness (QED) is 0.697. The highest BCUT2D eigenvalue weighted by Gasteiger charge is 2.06. The monoisotopic (exact) mass is 208 g/mol. The van der Waals surface area contributed by atoms with E-state index in [1.54, 1.807) is 19.1 Å². The molecular weight excluding hydrogens is 192 g/mol. The lowest BCUT2D eigenvalue weighted by atomic mass is 10.1. The van der Waals surface area contributed by atoms with Crippen molar-refractivity contribution >= 4 is 5.97 Å². The zero-order valence-corrected chi connectivity index (χ0v) is 9.16. The molecule has 0 saturated carbocycles. The molecule has 0 N–H and O–H groups in total. The molecule has 1 aromatic carbocycles. The largest absolute Gasteiger partial charge is 0.462 e. The minimum absolute atomic E-state index is 0.282. The van der Waals surface area contributed by atoms with Crippen LogP contribution in [0.2, 0.25) is 0 Å². The summed E-state index contributed by atoms with van der Waals surface area (Å²) in [7, 11) is 0. The van der Waals surface area contributed by atoms with Gasteiger partial charge in [-0.2, -0.15) is 0 Å². The highest BCUT2D eigenvalue weighted by Crippen LogP contribution is 2.08. The van der Waals surface area contributed by atoms with Crippen LogP contribution in [-0.2, 0) is 16.1 Å². The van der Waals surface area contributed by atoms with Crippen LogP contribution in [0.4, 0.5) is 0 Å². The van der Waals surface area contributed by atoms with E-state index in [4.69, 9.17) is 9.47 Å². The number of carbonyl (C=O) groups excluding carboxylic acids is 1. The van der Waals surface area contributed by atoms with Gasteiger partial charge in [-0.15, -0.1) is 0 Å². The summed E-state index contributed by atoms with van der Waals surface area (Å²) in [5.74, 6) is -0.282. The van der Waals surface area contributed by atoms with Crippen LogP contribution in [0.1, 0.15) is 29.8 Å². The maximum Gasteiger partial charge on any atom is 0.338 e. The van der Waals surface area contributed by atoms with Gasteiger partial charge in [0.05, 0.1) is 18.8 Å². The average molecular weight is 208 g/mol. The number of ether oxygens (including phenoxy) is 2. The topological polar surface area (TPSA) is 35.5 Å². The third-order valence-electron chi connectivity index (χ3n) is 1.91. The highest BCUT2D eigenvalue weighted by molar-refractivity contribution is 5.89. The van der Waals surface area contributed by atoms with E-state index in [2.05, 4.69) is 0 Å². The van der Waals surface area contributed by atoms with E-state index in [0.717, 1.165) is 5.56 Å². The predicted molar refractivity (Wildman–Crippen MR) is 57.7 cm³/mol. The predicted octanol–water partition coefficient (Wildman–Crippen LogP) is 2.40. The standard InChI is InChI=1S/C12H16O3/c1-3-14-9-10-6-5-7-11(8-10)12(13)15-4-2/h5-8H,3-4,9H2,1-2H3. The second kappa shape index (κ2) is 6.19. The van der Waals surface area contributed by atoms with Crippen LogP contribution in [0.25, 0.3) is 0 Å². The molecule has 1 aromatic rings. The molecule has 0 spiro atoms. The van der Waals surface area contributed by atoms with Crippen LogP contribution in [0, 0.1) is 0 Å². The first-order valence-electron chi connectivity index (χ1n) is 5.11. The Hall–Kier alpha value is -1.35. The van der Waals surface area contributed by atoms with Gasteiger partial charge in [0.15, 0.2) is 0 Å². The smallest absolute Gasteiger partial charge is 0.338 e. The van der Waals surface area contributed by atoms with Gasteiger partial charge in [-0.1, -0.05) is 12.1 Å². The third-order valence-corrected chi connectivity index (χ3v) is 1.91. The summed E-state index contributed by atoms with van der Waals surface area (Å²) in [6.07, 6.45) is 0. The van der Waals surface area contributed by atoms with Gasteiger partial charge < -0.3 is 9.47 Å². The molecule has 82 valence electrons. The molecule has 15 heavy (non-hydrogen) atoms. The number of hydrogen-bond donors (Lipinski definition) is 0. The van der Waals surface area contributed by atoms with Crippen LogP contribution < -0.4 is 0 Å². The normalized spacial score (nSPS) is 10.0. The first-order valence-corrected chi connectivity index (χ1v) is 5.11. The summed E-state index contributed by atoms with van der Waals surface area (Å²) in [4.78, 5) is 11.4. The molecule has 0 saturated heterocycles. The Balaban J connectivity index is 2.69. The molecule has 1 rings (SSSR count). The first-order chi connectivity index (χ1) is 7.27. The van der Waals surface area contributed by atoms with Crippen LogP contribution >= 0.6 is 0 Å². The van der Waals surface area contributed by atoms with Crippen molar-refractivity contribution in [3.63, 3.8) is 0 Å². The van der Waals surface area contributed by atoms with Crippen molar-refractivity contribution in [3.8, 4) is 0 Å². The van der Waals surface area contributed by atoms with E-state index in [9.17, 15) is 4.79 Å². The molecule has 0 aliphatic carbocycles. The van der Waals surface area contributed by atoms with Gasteiger partial charge in [-0.25, -0.2) is 4.79 Å². The van der Waals surface area contributed by atoms with Gasteiger partial charge in [-0.3, -0.25) is 0 Å². The lowest BCUT2D eigenvalue weighted by Crippen LogP contribution is -2.05. The van der Waals surface area contributed by atoms with Gasteiger partial charge in [0.1, 0.15) is 0 Å². The molecule has 0 aromatic heterocycles. The minimum atomic E-state index is -0.282. The van der Waals surface area contributed by atoms with Crippen molar-refractivity contribution in [1.82, 2.24) is 0 Å². The van der Waals surface area contributed by atoms with Crippen molar-refractivity contribution in [2.75, 3.05) is 13.2 Å². The van der Waals surface area contributed by atoms with E-state index in [0.29, 0.717) is 25.4 Å². The van der Waals surface area contributed by atoms with Crippen molar-refractivity contribution < 1.29 is 14.3 Å². The zero-order chi connectivity index (χ0) is 11.1. The minimum Gasteiger partial charge on any atom is -0.462 e. The summed E-state index contributed by atoms with van der Waals surface area (Å²) < 4.78 is 10.2. The molecule has 0 fully saturated rings.